The summed E-state index contributed by atoms with van der Waals surface area (Å²) in [4.78, 5) is 14.0. The van der Waals surface area contributed by atoms with Gasteiger partial charge < -0.3 is 15.4 Å². The second-order valence-corrected chi connectivity index (χ2v) is 5.11. The van der Waals surface area contributed by atoms with Crippen LogP contribution in [0.1, 0.15) is 24.3 Å². The highest BCUT2D eigenvalue weighted by Crippen LogP contribution is 2.17. The fraction of sp³-hybridized carbons (Fsp3) is 0.462. The smallest absolute Gasteiger partial charge is 0.323 e. The van der Waals surface area contributed by atoms with Crippen LogP contribution in [0, 0.1) is 6.92 Å². The van der Waals surface area contributed by atoms with Crippen LogP contribution in [0.15, 0.2) is 11.4 Å². The summed E-state index contributed by atoms with van der Waals surface area (Å²) in [7, 11) is 0. The van der Waals surface area contributed by atoms with Crippen molar-refractivity contribution in [3.05, 3.63) is 21.9 Å². The SMILES string of the molecule is CCNc1nc(NCc2sccc2C)nc(OCC)n1. The second-order valence-electron chi connectivity index (χ2n) is 4.11. The molecular formula is C13H19N5OS. The van der Waals surface area contributed by atoms with Crippen molar-refractivity contribution in [2.24, 2.45) is 0 Å². The van der Waals surface area contributed by atoms with Crippen molar-refractivity contribution >= 4 is 23.2 Å². The van der Waals surface area contributed by atoms with E-state index in [1.54, 1.807) is 11.3 Å². The topological polar surface area (TPSA) is 72.0 Å². The Morgan fingerprint density at radius 1 is 1.15 bits per heavy atom. The first-order valence-corrected chi connectivity index (χ1v) is 7.50. The first-order valence-electron chi connectivity index (χ1n) is 6.62. The fourth-order valence-corrected chi connectivity index (χ4v) is 2.46. The average Bonchev–Trinajstić information content (AvgIpc) is 2.83. The van der Waals surface area contributed by atoms with E-state index in [0.717, 1.165) is 6.54 Å². The van der Waals surface area contributed by atoms with Crippen molar-refractivity contribution in [1.29, 1.82) is 0 Å². The van der Waals surface area contributed by atoms with E-state index in [1.165, 1.54) is 10.4 Å². The van der Waals surface area contributed by atoms with Gasteiger partial charge in [0.15, 0.2) is 0 Å². The van der Waals surface area contributed by atoms with Crippen LogP contribution in [0.4, 0.5) is 11.9 Å². The van der Waals surface area contributed by atoms with Crippen molar-refractivity contribution in [2.45, 2.75) is 27.3 Å². The number of aryl methyl sites for hydroxylation is 1. The molecule has 0 aromatic carbocycles. The Morgan fingerprint density at radius 2 is 1.90 bits per heavy atom. The number of rotatable bonds is 7. The zero-order chi connectivity index (χ0) is 14.4. The zero-order valence-electron chi connectivity index (χ0n) is 11.9. The van der Waals surface area contributed by atoms with Gasteiger partial charge >= 0.3 is 6.01 Å². The number of hydrogen-bond donors (Lipinski definition) is 2. The summed E-state index contributed by atoms with van der Waals surface area (Å²) in [6.45, 7) is 7.96. The van der Waals surface area contributed by atoms with E-state index >= 15 is 0 Å². The molecule has 0 spiro atoms. The van der Waals surface area contributed by atoms with Crippen molar-refractivity contribution in [3.63, 3.8) is 0 Å². The quantitative estimate of drug-likeness (QED) is 0.818. The van der Waals surface area contributed by atoms with Crippen LogP contribution >= 0.6 is 11.3 Å². The van der Waals surface area contributed by atoms with Crippen LogP contribution in [0.5, 0.6) is 6.01 Å². The van der Waals surface area contributed by atoms with E-state index in [2.05, 4.69) is 44.0 Å². The maximum atomic E-state index is 5.35. The first-order chi connectivity index (χ1) is 9.72. The molecule has 0 atom stereocenters. The maximum Gasteiger partial charge on any atom is 0.323 e. The summed E-state index contributed by atoms with van der Waals surface area (Å²) in [5, 5.41) is 8.36. The van der Waals surface area contributed by atoms with Crippen molar-refractivity contribution in [1.82, 2.24) is 15.0 Å². The van der Waals surface area contributed by atoms with Crippen LogP contribution in [0.2, 0.25) is 0 Å². The molecule has 2 aromatic rings. The van der Waals surface area contributed by atoms with Gasteiger partial charge in [-0.15, -0.1) is 11.3 Å². The van der Waals surface area contributed by atoms with Crippen LogP contribution in [-0.4, -0.2) is 28.1 Å². The molecule has 0 unspecified atom stereocenters. The molecule has 0 aliphatic rings. The lowest BCUT2D eigenvalue weighted by Gasteiger charge is -2.09. The number of thiophene rings is 1. The number of aromatic nitrogens is 3. The van der Waals surface area contributed by atoms with Gasteiger partial charge in [0.05, 0.1) is 13.2 Å². The summed E-state index contributed by atoms with van der Waals surface area (Å²) in [6.07, 6.45) is 0. The highest BCUT2D eigenvalue weighted by molar-refractivity contribution is 7.10. The molecule has 0 aliphatic carbocycles. The Morgan fingerprint density at radius 3 is 2.50 bits per heavy atom. The second kappa shape index (κ2) is 7.04. The van der Waals surface area contributed by atoms with Gasteiger partial charge in [-0.05, 0) is 37.8 Å². The van der Waals surface area contributed by atoms with Crippen molar-refractivity contribution in [2.75, 3.05) is 23.8 Å². The Balaban J connectivity index is 2.11. The minimum absolute atomic E-state index is 0.337. The number of hydrogen-bond acceptors (Lipinski definition) is 7. The van der Waals surface area contributed by atoms with Gasteiger partial charge in [-0.25, -0.2) is 0 Å². The number of nitrogens with zero attached hydrogens (tertiary/aromatic N) is 3. The first kappa shape index (κ1) is 14.5. The van der Waals surface area contributed by atoms with Gasteiger partial charge in [0.25, 0.3) is 0 Å². The standard InChI is InChI=1S/C13H19N5OS/c1-4-14-11-16-12(18-13(17-11)19-5-2)15-8-10-9(3)6-7-20-10/h6-7H,4-5,8H2,1-3H3,(H2,14,15,16,17,18). The third kappa shape index (κ3) is 3.80. The summed E-state index contributed by atoms with van der Waals surface area (Å²) in [5.74, 6) is 1.04. The van der Waals surface area contributed by atoms with Crippen LogP contribution in [-0.2, 0) is 6.54 Å². The molecule has 0 amide bonds. The molecule has 7 heteroatoms. The van der Waals surface area contributed by atoms with E-state index < -0.39 is 0 Å². The van der Waals surface area contributed by atoms with Gasteiger partial charge in [-0.1, -0.05) is 0 Å². The van der Waals surface area contributed by atoms with Gasteiger partial charge in [-0.2, -0.15) is 15.0 Å². The van der Waals surface area contributed by atoms with Gasteiger partial charge in [0.2, 0.25) is 11.9 Å². The number of nitrogens with one attached hydrogen (secondary N) is 2. The highest BCUT2D eigenvalue weighted by Gasteiger charge is 2.07. The van der Waals surface area contributed by atoms with Crippen LogP contribution in [0.25, 0.3) is 0 Å². The molecule has 0 radical (unpaired) electrons. The monoisotopic (exact) mass is 293 g/mol. The van der Waals surface area contributed by atoms with Crippen molar-refractivity contribution in [3.8, 4) is 6.01 Å². The third-order valence-electron chi connectivity index (χ3n) is 2.60. The predicted molar refractivity (Wildman–Crippen MR) is 81.5 cm³/mol. The number of anilines is 2. The normalized spacial score (nSPS) is 10.3. The molecule has 2 rings (SSSR count). The number of ether oxygens (including phenoxy) is 1. The van der Waals surface area contributed by atoms with E-state index in [9.17, 15) is 0 Å². The largest absolute Gasteiger partial charge is 0.464 e. The minimum atomic E-state index is 0.337. The average molecular weight is 293 g/mol. The Bertz CT molecular complexity index is 533. The predicted octanol–water partition coefficient (Wildman–Crippen LogP) is 2.68. The molecule has 0 bridgehead atoms. The summed E-state index contributed by atoms with van der Waals surface area (Å²) in [5.41, 5.74) is 1.27. The molecule has 20 heavy (non-hydrogen) atoms. The maximum absolute atomic E-state index is 5.35. The lowest BCUT2D eigenvalue weighted by Crippen LogP contribution is -2.10. The van der Waals surface area contributed by atoms with E-state index in [4.69, 9.17) is 4.74 Å². The van der Waals surface area contributed by atoms with Gasteiger partial charge in [0.1, 0.15) is 0 Å². The molecule has 2 heterocycles. The molecule has 6 nitrogen and oxygen atoms in total. The Labute approximate surface area is 122 Å². The lowest BCUT2D eigenvalue weighted by atomic mass is 10.3. The van der Waals surface area contributed by atoms with E-state index in [0.29, 0.717) is 31.1 Å². The molecule has 0 aliphatic heterocycles. The molecule has 0 fully saturated rings. The molecule has 2 N–H and O–H groups in total. The molecular weight excluding hydrogens is 274 g/mol. The summed E-state index contributed by atoms with van der Waals surface area (Å²) >= 11 is 1.72. The minimum Gasteiger partial charge on any atom is -0.464 e. The molecule has 2 aromatic heterocycles. The van der Waals surface area contributed by atoms with Crippen molar-refractivity contribution < 1.29 is 4.74 Å². The van der Waals surface area contributed by atoms with E-state index in [-0.39, 0.29) is 0 Å². The third-order valence-corrected chi connectivity index (χ3v) is 3.62. The van der Waals surface area contributed by atoms with Crippen LogP contribution in [0.3, 0.4) is 0 Å². The molecule has 0 saturated carbocycles. The lowest BCUT2D eigenvalue weighted by molar-refractivity contribution is 0.312. The fourth-order valence-electron chi connectivity index (χ4n) is 1.61. The zero-order valence-corrected chi connectivity index (χ0v) is 12.8. The van der Waals surface area contributed by atoms with Crippen LogP contribution < -0.4 is 15.4 Å². The molecule has 0 saturated heterocycles. The Kier molecular flexibility index (Phi) is 5.11. The van der Waals surface area contributed by atoms with E-state index in [1.807, 2.05) is 13.8 Å². The summed E-state index contributed by atoms with van der Waals surface area (Å²) < 4.78 is 5.35. The molecule has 108 valence electrons. The highest BCUT2D eigenvalue weighted by atomic mass is 32.1. The summed E-state index contributed by atoms with van der Waals surface area (Å²) in [6, 6.07) is 2.44. The van der Waals surface area contributed by atoms with Gasteiger partial charge in [0, 0.05) is 11.4 Å². The van der Waals surface area contributed by atoms with Gasteiger partial charge in [-0.3, -0.25) is 0 Å². The Hall–Kier alpha value is -1.89.